The van der Waals surface area contributed by atoms with Crippen LogP contribution in [0.25, 0.3) is 5.57 Å². The molecule has 6 nitrogen and oxygen atoms in total. The second kappa shape index (κ2) is 6.31. The largest absolute Gasteiger partial charge is 0.370 e. The van der Waals surface area contributed by atoms with Crippen LogP contribution in [0.5, 0.6) is 0 Å². The van der Waals surface area contributed by atoms with Crippen molar-refractivity contribution in [2.75, 3.05) is 13.1 Å². The molecule has 0 radical (unpaired) electrons. The number of nitrogens with two attached hydrogens (primary N) is 1. The minimum atomic E-state index is -0.0977. The lowest BCUT2D eigenvalue weighted by atomic mass is 9.97. The highest BCUT2D eigenvalue weighted by Gasteiger charge is 2.28. The summed E-state index contributed by atoms with van der Waals surface area (Å²) in [6.45, 7) is 5.36. The van der Waals surface area contributed by atoms with Crippen LogP contribution < -0.4 is 11.1 Å². The van der Waals surface area contributed by atoms with Crippen molar-refractivity contribution < 1.29 is 4.79 Å². The Bertz CT molecular complexity index is 676. The minimum Gasteiger partial charge on any atom is -0.370 e. The third-order valence-electron chi connectivity index (χ3n) is 4.28. The zero-order valence-corrected chi connectivity index (χ0v) is 14.4. The SMILES string of the molecule is CC(C)NC(=O)c1nc2c(s1)C1=C(CCC2)CCN(C(=N)N)C1. The number of fused-ring (bicyclic) bond motifs is 2. The van der Waals surface area contributed by atoms with Crippen molar-refractivity contribution >= 4 is 28.8 Å². The van der Waals surface area contributed by atoms with Gasteiger partial charge in [-0.15, -0.1) is 11.3 Å². The molecule has 0 spiro atoms. The van der Waals surface area contributed by atoms with Gasteiger partial charge in [0.15, 0.2) is 11.0 Å². The Morgan fingerprint density at radius 1 is 1.39 bits per heavy atom. The first-order valence-corrected chi connectivity index (χ1v) is 8.88. The highest BCUT2D eigenvalue weighted by atomic mass is 32.1. The Labute approximate surface area is 140 Å². The maximum Gasteiger partial charge on any atom is 0.280 e. The van der Waals surface area contributed by atoms with Gasteiger partial charge in [-0.3, -0.25) is 10.2 Å². The molecule has 124 valence electrons. The lowest BCUT2D eigenvalue weighted by Gasteiger charge is -2.30. The molecule has 2 heterocycles. The van der Waals surface area contributed by atoms with Gasteiger partial charge in [0.05, 0.1) is 10.6 Å². The molecular weight excluding hydrogens is 310 g/mol. The first-order chi connectivity index (χ1) is 11.0. The standard InChI is InChI=1S/C16H23N5OS/c1-9(2)19-14(22)15-20-12-5-3-4-10-6-7-21(16(17)18)8-11(10)13(12)23-15/h9H,3-8H2,1-2H3,(H3,17,18)(H,19,22). The van der Waals surface area contributed by atoms with Crippen LogP contribution in [-0.4, -0.2) is 40.9 Å². The molecule has 0 saturated heterocycles. The summed E-state index contributed by atoms with van der Waals surface area (Å²) in [5.74, 6) is 0.0177. The van der Waals surface area contributed by atoms with Crippen LogP contribution in [0.15, 0.2) is 5.57 Å². The van der Waals surface area contributed by atoms with E-state index in [-0.39, 0.29) is 17.9 Å². The highest BCUT2D eigenvalue weighted by molar-refractivity contribution is 7.14. The van der Waals surface area contributed by atoms with Crippen LogP contribution in [0.3, 0.4) is 0 Å². The number of amides is 1. The van der Waals surface area contributed by atoms with E-state index in [2.05, 4.69) is 10.3 Å². The molecule has 4 N–H and O–H groups in total. The summed E-state index contributed by atoms with van der Waals surface area (Å²) in [5, 5.41) is 11.1. The quantitative estimate of drug-likeness (QED) is 0.569. The molecule has 1 aliphatic heterocycles. The molecule has 0 aromatic carbocycles. The molecule has 0 bridgehead atoms. The Balaban J connectivity index is 1.94. The molecule has 1 amide bonds. The van der Waals surface area contributed by atoms with Crippen molar-refractivity contribution in [1.82, 2.24) is 15.2 Å². The van der Waals surface area contributed by atoms with E-state index < -0.39 is 0 Å². The first-order valence-electron chi connectivity index (χ1n) is 8.06. The molecule has 0 fully saturated rings. The summed E-state index contributed by atoms with van der Waals surface area (Å²) in [7, 11) is 0. The Morgan fingerprint density at radius 2 is 2.17 bits per heavy atom. The first kappa shape index (κ1) is 16.0. The molecule has 0 saturated carbocycles. The maximum atomic E-state index is 12.2. The van der Waals surface area contributed by atoms with Crippen molar-refractivity contribution in [3.05, 3.63) is 21.2 Å². The molecule has 0 atom stereocenters. The van der Waals surface area contributed by atoms with Crippen LogP contribution in [0, 0.1) is 5.41 Å². The normalized spacial score (nSPS) is 17.6. The third-order valence-corrected chi connectivity index (χ3v) is 5.43. The van der Waals surface area contributed by atoms with Crippen molar-refractivity contribution in [1.29, 1.82) is 5.41 Å². The number of hydrogen-bond donors (Lipinski definition) is 3. The predicted octanol–water partition coefficient (Wildman–Crippen LogP) is 1.97. The number of rotatable bonds is 2. The Kier molecular flexibility index (Phi) is 4.39. The zero-order chi connectivity index (χ0) is 16.6. The molecule has 1 aromatic heterocycles. The van der Waals surface area contributed by atoms with E-state index in [0.29, 0.717) is 11.6 Å². The van der Waals surface area contributed by atoms with Gasteiger partial charge in [0.25, 0.3) is 5.91 Å². The monoisotopic (exact) mass is 333 g/mol. The Morgan fingerprint density at radius 3 is 2.87 bits per heavy atom. The molecule has 1 aliphatic carbocycles. The Hall–Kier alpha value is -1.89. The minimum absolute atomic E-state index is 0.0977. The van der Waals surface area contributed by atoms with Gasteiger partial charge in [0, 0.05) is 19.1 Å². The van der Waals surface area contributed by atoms with Gasteiger partial charge >= 0.3 is 0 Å². The number of carbonyl (C=O) groups excluding carboxylic acids is 1. The van der Waals surface area contributed by atoms with Crippen molar-refractivity contribution in [3.8, 4) is 0 Å². The van der Waals surface area contributed by atoms with Crippen LogP contribution in [0.2, 0.25) is 0 Å². The summed E-state index contributed by atoms with van der Waals surface area (Å²) in [5.41, 5.74) is 9.37. The molecule has 23 heavy (non-hydrogen) atoms. The summed E-state index contributed by atoms with van der Waals surface area (Å²) >= 11 is 1.48. The van der Waals surface area contributed by atoms with Gasteiger partial charge in [-0.2, -0.15) is 0 Å². The van der Waals surface area contributed by atoms with Crippen molar-refractivity contribution in [2.45, 2.75) is 45.6 Å². The second-order valence-corrected chi connectivity index (χ2v) is 7.41. The van der Waals surface area contributed by atoms with E-state index in [1.807, 2.05) is 18.7 Å². The number of hydrogen-bond acceptors (Lipinski definition) is 4. The lowest BCUT2D eigenvalue weighted by Crippen LogP contribution is -2.40. The molecule has 3 rings (SSSR count). The number of carbonyl (C=O) groups is 1. The average Bonchev–Trinajstić information content (AvgIpc) is 2.83. The fourth-order valence-corrected chi connectivity index (χ4v) is 4.26. The van der Waals surface area contributed by atoms with Crippen LogP contribution in [0.1, 0.15) is 53.5 Å². The number of aromatic nitrogens is 1. The van der Waals surface area contributed by atoms with Crippen LogP contribution >= 0.6 is 11.3 Å². The molecule has 2 aliphatic rings. The van der Waals surface area contributed by atoms with E-state index in [1.54, 1.807) is 0 Å². The molecule has 7 heteroatoms. The van der Waals surface area contributed by atoms with Gasteiger partial charge < -0.3 is 16.0 Å². The van der Waals surface area contributed by atoms with Gasteiger partial charge in [0.1, 0.15) is 0 Å². The zero-order valence-electron chi connectivity index (χ0n) is 13.6. The number of thiazole rings is 1. The van der Waals surface area contributed by atoms with Crippen LogP contribution in [-0.2, 0) is 6.42 Å². The second-order valence-electron chi connectivity index (χ2n) is 6.42. The highest BCUT2D eigenvalue weighted by Crippen LogP contribution is 2.38. The van der Waals surface area contributed by atoms with Crippen molar-refractivity contribution in [3.63, 3.8) is 0 Å². The van der Waals surface area contributed by atoms with Gasteiger partial charge in [-0.25, -0.2) is 4.98 Å². The molecule has 1 aromatic rings. The van der Waals surface area contributed by atoms with Gasteiger partial charge in [0.2, 0.25) is 0 Å². The number of aryl methyl sites for hydroxylation is 1. The van der Waals surface area contributed by atoms with E-state index in [0.717, 1.165) is 42.8 Å². The van der Waals surface area contributed by atoms with Gasteiger partial charge in [-0.05, 0) is 45.1 Å². The average molecular weight is 333 g/mol. The van der Waals surface area contributed by atoms with E-state index in [1.165, 1.54) is 22.5 Å². The van der Waals surface area contributed by atoms with Crippen molar-refractivity contribution in [2.24, 2.45) is 5.73 Å². The summed E-state index contributed by atoms with van der Waals surface area (Å²) < 4.78 is 0. The summed E-state index contributed by atoms with van der Waals surface area (Å²) in [4.78, 5) is 19.9. The summed E-state index contributed by atoms with van der Waals surface area (Å²) in [6.07, 6.45) is 4.01. The lowest BCUT2D eigenvalue weighted by molar-refractivity contribution is 0.0942. The predicted molar refractivity (Wildman–Crippen MR) is 92.7 cm³/mol. The van der Waals surface area contributed by atoms with E-state index in [9.17, 15) is 4.79 Å². The van der Waals surface area contributed by atoms with Gasteiger partial charge in [-0.1, -0.05) is 5.57 Å². The van der Waals surface area contributed by atoms with E-state index in [4.69, 9.17) is 11.1 Å². The number of guanidine groups is 1. The van der Waals surface area contributed by atoms with Crippen LogP contribution in [0.4, 0.5) is 0 Å². The topological polar surface area (TPSA) is 95.1 Å². The smallest absolute Gasteiger partial charge is 0.280 e. The number of nitrogens with zero attached hydrogens (tertiary/aromatic N) is 2. The maximum absolute atomic E-state index is 12.2. The molecule has 0 unspecified atom stereocenters. The fraction of sp³-hybridized carbons (Fsp3) is 0.562. The number of nitrogens with one attached hydrogen (secondary N) is 2. The fourth-order valence-electron chi connectivity index (χ4n) is 3.16. The molecular formula is C16H23N5OS. The third kappa shape index (κ3) is 3.24. The van der Waals surface area contributed by atoms with E-state index >= 15 is 0 Å². The summed E-state index contributed by atoms with van der Waals surface area (Å²) in [6, 6.07) is 0.101.